The third-order valence-corrected chi connectivity index (χ3v) is 4.58. The van der Waals surface area contributed by atoms with E-state index in [1.165, 1.54) is 0 Å². The number of hydrogen-bond acceptors (Lipinski definition) is 2. The molecule has 2 heterocycles. The zero-order chi connectivity index (χ0) is 10.4. The smallest absolute Gasteiger partial charge is 0.240 e. The number of thioether (sulfide) groups is 1. The van der Waals surface area contributed by atoms with Crippen LogP contribution in [0.5, 0.6) is 0 Å². The summed E-state index contributed by atoms with van der Waals surface area (Å²) < 4.78 is 0. The number of anilines is 1. The number of halogens is 1. The van der Waals surface area contributed by atoms with Crippen molar-refractivity contribution in [2.24, 2.45) is 0 Å². The maximum atomic E-state index is 11.9. The van der Waals surface area contributed by atoms with Crippen molar-refractivity contribution in [3.05, 3.63) is 29.3 Å². The van der Waals surface area contributed by atoms with Crippen LogP contribution < -0.4 is 4.90 Å². The van der Waals surface area contributed by atoms with Gasteiger partial charge in [-0.1, -0.05) is 11.6 Å². The van der Waals surface area contributed by atoms with Crippen molar-refractivity contribution < 1.29 is 4.79 Å². The molecule has 2 fully saturated rings. The Kier molecular flexibility index (Phi) is 2.18. The van der Waals surface area contributed by atoms with Crippen LogP contribution in [0.15, 0.2) is 24.3 Å². The molecule has 2 aliphatic heterocycles. The van der Waals surface area contributed by atoms with E-state index < -0.39 is 0 Å². The molecule has 0 aliphatic carbocycles. The van der Waals surface area contributed by atoms with Crippen molar-refractivity contribution in [3.63, 3.8) is 0 Å². The summed E-state index contributed by atoms with van der Waals surface area (Å²) in [6.45, 7) is 0. The van der Waals surface area contributed by atoms with E-state index in [0.717, 1.165) is 17.9 Å². The molecule has 3 rings (SSSR count). The van der Waals surface area contributed by atoms with Crippen molar-refractivity contribution in [1.29, 1.82) is 0 Å². The molecule has 2 aliphatic rings. The van der Waals surface area contributed by atoms with Crippen LogP contribution in [0, 0.1) is 0 Å². The van der Waals surface area contributed by atoms with E-state index in [1.54, 1.807) is 11.8 Å². The van der Waals surface area contributed by atoms with Crippen LogP contribution in [0.1, 0.15) is 6.42 Å². The summed E-state index contributed by atoms with van der Waals surface area (Å²) in [5.74, 6) is 1.33. The molecule has 0 radical (unpaired) electrons. The highest BCUT2D eigenvalue weighted by atomic mass is 35.5. The standard InChI is InChI=1S/C11H10ClNOS/c12-7-1-3-8(4-2-7)13-9-5-10(11(13)14)15-6-9/h1-4,9-10H,5-6H2. The lowest BCUT2D eigenvalue weighted by molar-refractivity contribution is -0.116. The highest BCUT2D eigenvalue weighted by molar-refractivity contribution is 8.01. The first kappa shape index (κ1) is 9.55. The molecule has 4 heteroatoms. The van der Waals surface area contributed by atoms with Crippen molar-refractivity contribution in [2.75, 3.05) is 10.7 Å². The summed E-state index contributed by atoms with van der Waals surface area (Å²) in [4.78, 5) is 13.9. The molecular weight excluding hydrogens is 230 g/mol. The number of carbonyl (C=O) groups excluding carboxylic acids is 1. The molecule has 2 atom stereocenters. The van der Waals surface area contributed by atoms with E-state index >= 15 is 0 Å². The molecule has 0 spiro atoms. The molecular formula is C11H10ClNOS. The van der Waals surface area contributed by atoms with Crippen molar-refractivity contribution in [3.8, 4) is 0 Å². The van der Waals surface area contributed by atoms with Gasteiger partial charge >= 0.3 is 0 Å². The van der Waals surface area contributed by atoms with Gasteiger partial charge in [0.05, 0.1) is 5.25 Å². The summed E-state index contributed by atoms with van der Waals surface area (Å²) in [6, 6.07) is 7.91. The predicted octanol–water partition coefficient (Wildman–Crippen LogP) is 2.56. The van der Waals surface area contributed by atoms with Crippen LogP contribution in [0.25, 0.3) is 0 Å². The van der Waals surface area contributed by atoms with Gasteiger partial charge in [-0.3, -0.25) is 4.79 Å². The first-order valence-electron chi connectivity index (χ1n) is 4.96. The number of nitrogens with zero attached hydrogens (tertiary/aromatic N) is 1. The number of amides is 1. The van der Waals surface area contributed by atoms with Gasteiger partial charge in [0.2, 0.25) is 5.91 Å². The number of hydrogen-bond donors (Lipinski definition) is 0. The Labute approximate surface area is 97.6 Å². The van der Waals surface area contributed by atoms with E-state index in [9.17, 15) is 4.79 Å². The second kappa shape index (κ2) is 3.42. The average Bonchev–Trinajstić information content (AvgIpc) is 2.80. The van der Waals surface area contributed by atoms with E-state index in [0.29, 0.717) is 11.1 Å². The molecule has 2 bridgehead atoms. The minimum atomic E-state index is 0.200. The Balaban J connectivity index is 1.94. The third kappa shape index (κ3) is 1.45. The molecule has 0 aromatic heterocycles. The summed E-state index contributed by atoms with van der Waals surface area (Å²) in [5, 5.41) is 0.913. The van der Waals surface area contributed by atoms with Gasteiger partial charge in [0.1, 0.15) is 0 Å². The lowest BCUT2D eigenvalue weighted by Crippen LogP contribution is -2.38. The molecule has 0 saturated carbocycles. The Morgan fingerprint density at radius 2 is 2.07 bits per heavy atom. The van der Waals surface area contributed by atoms with E-state index in [2.05, 4.69) is 0 Å². The van der Waals surface area contributed by atoms with E-state index in [1.807, 2.05) is 29.2 Å². The Hall–Kier alpha value is -0.670. The maximum absolute atomic E-state index is 11.9. The van der Waals surface area contributed by atoms with Crippen LogP contribution >= 0.6 is 23.4 Å². The van der Waals surface area contributed by atoms with Crippen LogP contribution in [0.2, 0.25) is 5.02 Å². The predicted molar refractivity (Wildman–Crippen MR) is 63.6 cm³/mol. The highest BCUT2D eigenvalue weighted by Gasteiger charge is 2.45. The molecule has 2 unspecified atom stereocenters. The third-order valence-electron chi connectivity index (χ3n) is 2.96. The van der Waals surface area contributed by atoms with Crippen LogP contribution in [0.3, 0.4) is 0 Å². The minimum absolute atomic E-state index is 0.200. The van der Waals surface area contributed by atoms with Crippen molar-refractivity contribution in [1.82, 2.24) is 0 Å². The molecule has 1 aromatic carbocycles. The summed E-state index contributed by atoms with van der Waals surface area (Å²) in [5.41, 5.74) is 0.984. The normalized spacial score (nSPS) is 28.9. The Bertz CT molecular complexity index is 406. The van der Waals surface area contributed by atoms with Crippen LogP contribution in [-0.4, -0.2) is 23.0 Å². The second-order valence-corrected chi connectivity index (χ2v) is 5.57. The number of fused-ring (bicyclic) bond motifs is 2. The van der Waals surface area contributed by atoms with E-state index in [-0.39, 0.29) is 11.2 Å². The quantitative estimate of drug-likeness (QED) is 0.751. The molecule has 2 nitrogen and oxygen atoms in total. The largest absolute Gasteiger partial charge is 0.308 e. The summed E-state index contributed by atoms with van der Waals surface area (Å²) >= 11 is 7.61. The molecule has 1 aromatic rings. The van der Waals surface area contributed by atoms with E-state index in [4.69, 9.17) is 11.6 Å². The molecule has 2 saturated heterocycles. The fourth-order valence-electron chi connectivity index (χ4n) is 2.24. The van der Waals surface area contributed by atoms with Gasteiger partial charge in [-0.25, -0.2) is 0 Å². The van der Waals surface area contributed by atoms with Crippen molar-refractivity contribution in [2.45, 2.75) is 17.7 Å². The Morgan fingerprint density at radius 3 is 2.67 bits per heavy atom. The first-order chi connectivity index (χ1) is 7.25. The van der Waals surface area contributed by atoms with Gasteiger partial charge in [0, 0.05) is 22.5 Å². The van der Waals surface area contributed by atoms with Gasteiger partial charge in [0.25, 0.3) is 0 Å². The average molecular weight is 240 g/mol. The van der Waals surface area contributed by atoms with Crippen LogP contribution in [0.4, 0.5) is 5.69 Å². The van der Waals surface area contributed by atoms with Crippen LogP contribution in [-0.2, 0) is 4.79 Å². The van der Waals surface area contributed by atoms with Crippen molar-refractivity contribution >= 4 is 35.0 Å². The number of rotatable bonds is 1. The second-order valence-electron chi connectivity index (χ2n) is 3.90. The fraction of sp³-hybridized carbons (Fsp3) is 0.364. The summed E-state index contributed by atoms with van der Waals surface area (Å²) in [7, 11) is 0. The summed E-state index contributed by atoms with van der Waals surface area (Å²) in [6.07, 6.45) is 1.01. The zero-order valence-electron chi connectivity index (χ0n) is 8.02. The maximum Gasteiger partial charge on any atom is 0.240 e. The molecule has 15 heavy (non-hydrogen) atoms. The lowest BCUT2D eigenvalue weighted by Gasteiger charge is -2.26. The van der Waals surface area contributed by atoms with Gasteiger partial charge in [-0.05, 0) is 30.7 Å². The van der Waals surface area contributed by atoms with Gasteiger partial charge in [-0.15, -0.1) is 11.8 Å². The van der Waals surface area contributed by atoms with Gasteiger partial charge in [0.15, 0.2) is 0 Å². The van der Waals surface area contributed by atoms with Gasteiger partial charge in [-0.2, -0.15) is 0 Å². The zero-order valence-corrected chi connectivity index (χ0v) is 9.59. The highest BCUT2D eigenvalue weighted by Crippen LogP contribution is 2.41. The monoisotopic (exact) mass is 239 g/mol. The fourth-order valence-corrected chi connectivity index (χ4v) is 3.72. The van der Waals surface area contributed by atoms with Gasteiger partial charge < -0.3 is 4.90 Å². The Morgan fingerprint density at radius 1 is 1.33 bits per heavy atom. The minimum Gasteiger partial charge on any atom is -0.308 e. The molecule has 1 amide bonds. The topological polar surface area (TPSA) is 20.3 Å². The number of carbonyl (C=O) groups is 1. The first-order valence-corrected chi connectivity index (χ1v) is 6.38. The molecule has 0 N–H and O–H groups in total. The number of benzene rings is 1. The SMILES string of the molecule is O=C1C2CC(CS2)N1c1ccc(Cl)cc1. The molecule has 78 valence electrons. The lowest BCUT2D eigenvalue weighted by atomic mass is 10.2.